The van der Waals surface area contributed by atoms with Crippen LogP contribution < -0.4 is 10.2 Å². The number of nitrogens with one attached hydrogen (secondary N) is 1. The molecule has 0 aliphatic carbocycles. The van der Waals surface area contributed by atoms with Crippen molar-refractivity contribution < 1.29 is 0 Å². The number of benzene rings is 1. The Kier molecular flexibility index (Phi) is 5.05. The van der Waals surface area contributed by atoms with Gasteiger partial charge in [0, 0.05) is 18.7 Å². The van der Waals surface area contributed by atoms with Crippen molar-refractivity contribution in [1.82, 2.24) is 19.9 Å². The Morgan fingerprint density at radius 2 is 1.83 bits per heavy atom. The van der Waals surface area contributed by atoms with Gasteiger partial charge >= 0.3 is 0 Å². The van der Waals surface area contributed by atoms with Crippen LogP contribution in [0, 0.1) is 13.8 Å². The third-order valence-corrected chi connectivity index (χ3v) is 5.33. The summed E-state index contributed by atoms with van der Waals surface area (Å²) in [6.07, 6.45) is 0. The number of pyridine rings is 1. The Balaban J connectivity index is 1.62. The molecule has 1 aromatic carbocycles. The minimum absolute atomic E-state index is 0.124. The molecule has 150 valence electrons. The van der Waals surface area contributed by atoms with Crippen LogP contribution in [0.4, 0.5) is 11.5 Å². The van der Waals surface area contributed by atoms with E-state index in [1.165, 1.54) is 5.56 Å². The van der Waals surface area contributed by atoms with Gasteiger partial charge in [-0.05, 0) is 52.8 Å². The molecular formula is C22H27N7. The molecule has 29 heavy (non-hydrogen) atoms. The monoisotopic (exact) mass is 389 g/mol. The van der Waals surface area contributed by atoms with E-state index in [1.807, 2.05) is 30.7 Å². The summed E-state index contributed by atoms with van der Waals surface area (Å²) in [6.45, 7) is 12.3. The van der Waals surface area contributed by atoms with Crippen molar-refractivity contribution >= 4 is 17.2 Å². The van der Waals surface area contributed by atoms with Gasteiger partial charge in [-0.1, -0.05) is 23.8 Å². The maximum Gasteiger partial charge on any atom is 0.185 e. The number of hydrogen-bond acceptors (Lipinski definition) is 6. The van der Waals surface area contributed by atoms with Crippen molar-refractivity contribution in [3.05, 3.63) is 53.5 Å². The summed E-state index contributed by atoms with van der Waals surface area (Å²) in [5, 5.41) is 17.1. The number of anilines is 2. The van der Waals surface area contributed by atoms with E-state index in [1.54, 1.807) is 0 Å². The molecule has 0 saturated heterocycles. The zero-order valence-corrected chi connectivity index (χ0v) is 17.6. The van der Waals surface area contributed by atoms with Crippen LogP contribution in [0.15, 0.2) is 41.5 Å². The average Bonchev–Trinajstić information content (AvgIpc) is 3.24. The van der Waals surface area contributed by atoms with Gasteiger partial charge in [0.05, 0.1) is 17.1 Å². The Hall–Kier alpha value is -3.22. The summed E-state index contributed by atoms with van der Waals surface area (Å²) in [5.41, 5.74) is 5.09. The largest absolute Gasteiger partial charge is 0.369 e. The third kappa shape index (κ3) is 3.48. The lowest BCUT2D eigenvalue weighted by atomic mass is 10.1. The molecule has 2 aromatic heterocycles. The highest BCUT2D eigenvalue weighted by molar-refractivity contribution is 5.92. The smallest absolute Gasteiger partial charge is 0.185 e. The molecule has 1 aliphatic heterocycles. The third-order valence-electron chi connectivity index (χ3n) is 5.33. The Bertz CT molecular complexity index is 1060. The van der Waals surface area contributed by atoms with Crippen LogP contribution in [0.25, 0.3) is 11.4 Å². The van der Waals surface area contributed by atoms with E-state index in [9.17, 15) is 0 Å². The van der Waals surface area contributed by atoms with Crippen molar-refractivity contribution in [3.63, 3.8) is 0 Å². The van der Waals surface area contributed by atoms with Gasteiger partial charge in [0.2, 0.25) is 0 Å². The van der Waals surface area contributed by atoms with Crippen LogP contribution in [-0.4, -0.2) is 38.7 Å². The van der Waals surface area contributed by atoms with Crippen molar-refractivity contribution in [2.24, 2.45) is 5.10 Å². The maximum absolute atomic E-state index is 4.78. The lowest BCUT2D eigenvalue weighted by molar-refractivity contribution is 0.825. The Morgan fingerprint density at radius 1 is 1.03 bits per heavy atom. The average molecular weight is 390 g/mol. The fraction of sp³-hybridized carbons (Fsp3) is 0.364. The molecule has 3 heterocycles. The van der Waals surface area contributed by atoms with Crippen molar-refractivity contribution in [1.29, 1.82) is 0 Å². The summed E-state index contributed by atoms with van der Waals surface area (Å²) < 4.78 is 1.84. The second-order valence-corrected chi connectivity index (χ2v) is 7.36. The molecule has 1 aliphatic rings. The first-order valence-corrected chi connectivity index (χ1v) is 10.1. The molecule has 0 amide bonds. The van der Waals surface area contributed by atoms with Gasteiger partial charge in [-0.2, -0.15) is 9.78 Å². The summed E-state index contributed by atoms with van der Waals surface area (Å²) in [5.74, 6) is 2.56. The van der Waals surface area contributed by atoms with E-state index < -0.39 is 0 Å². The van der Waals surface area contributed by atoms with Crippen LogP contribution in [0.2, 0.25) is 0 Å². The lowest BCUT2D eigenvalue weighted by Crippen LogP contribution is -2.23. The van der Waals surface area contributed by atoms with Gasteiger partial charge in [0.1, 0.15) is 11.9 Å². The summed E-state index contributed by atoms with van der Waals surface area (Å²) >= 11 is 0. The molecule has 7 heteroatoms. The highest BCUT2D eigenvalue weighted by atomic mass is 15.5. The fourth-order valence-corrected chi connectivity index (χ4v) is 3.69. The predicted octanol–water partition coefficient (Wildman–Crippen LogP) is 4.19. The molecule has 0 radical (unpaired) electrons. The molecule has 0 fully saturated rings. The van der Waals surface area contributed by atoms with E-state index in [-0.39, 0.29) is 6.04 Å². The van der Waals surface area contributed by atoms with Gasteiger partial charge in [-0.25, -0.2) is 4.98 Å². The summed E-state index contributed by atoms with van der Waals surface area (Å²) in [6, 6.07) is 12.3. The van der Waals surface area contributed by atoms with Gasteiger partial charge in [-0.3, -0.25) is 0 Å². The minimum atomic E-state index is -0.124. The first-order chi connectivity index (χ1) is 14.0. The van der Waals surface area contributed by atoms with Gasteiger partial charge in [0.25, 0.3) is 0 Å². The normalized spacial score (nSPS) is 15.2. The van der Waals surface area contributed by atoms with Crippen LogP contribution in [0.5, 0.6) is 0 Å². The number of rotatable bonds is 6. The summed E-state index contributed by atoms with van der Waals surface area (Å²) in [4.78, 5) is 7.02. The SMILES string of the molecule is CCN(CC)c1ccc(NC2C(C)=Nn3c(-c4cccc(C)c4)nnc32)c(C)n1. The maximum atomic E-state index is 4.78. The number of aryl methyl sites for hydroxylation is 2. The van der Waals surface area contributed by atoms with E-state index in [4.69, 9.17) is 10.1 Å². The summed E-state index contributed by atoms with van der Waals surface area (Å²) in [7, 11) is 0. The molecule has 3 aromatic rings. The Labute approximate surface area is 171 Å². The second kappa shape index (κ2) is 7.66. The van der Waals surface area contributed by atoms with Crippen LogP contribution in [0.3, 0.4) is 0 Å². The number of nitrogens with zero attached hydrogens (tertiary/aromatic N) is 6. The molecule has 7 nitrogen and oxygen atoms in total. The molecule has 0 spiro atoms. The van der Waals surface area contributed by atoms with Crippen molar-refractivity contribution in [2.75, 3.05) is 23.3 Å². The predicted molar refractivity (Wildman–Crippen MR) is 118 cm³/mol. The fourth-order valence-electron chi connectivity index (χ4n) is 3.69. The van der Waals surface area contributed by atoms with Crippen LogP contribution >= 0.6 is 0 Å². The molecule has 1 N–H and O–H groups in total. The van der Waals surface area contributed by atoms with E-state index in [0.29, 0.717) is 0 Å². The molecule has 1 atom stereocenters. The zero-order valence-electron chi connectivity index (χ0n) is 17.6. The van der Waals surface area contributed by atoms with Gasteiger partial charge in [-0.15, -0.1) is 10.2 Å². The Morgan fingerprint density at radius 3 is 2.52 bits per heavy atom. The minimum Gasteiger partial charge on any atom is -0.369 e. The number of hydrogen-bond donors (Lipinski definition) is 1. The molecule has 1 unspecified atom stereocenters. The topological polar surface area (TPSA) is 71.2 Å². The second-order valence-electron chi connectivity index (χ2n) is 7.36. The van der Waals surface area contributed by atoms with Crippen LogP contribution in [0.1, 0.15) is 43.9 Å². The number of fused-ring (bicyclic) bond motifs is 1. The molecule has 4 rings (SSSR count). The van der Waals surface area contributed by atoms with Crippen molar-refractivity contribution in [3.8, 4) is 11.4 Å². The van der Waals surface area contributed by atoms with E-state index in [0.717, 1.165) is 53.2 Å². The van der Waals surface area contributed by atoms with Gasteiger partial charge in [0.15, 0.2) is 11.6 Å². The highest BCUT2D eigenvalue weighted by Crippen LogP contribution is 2.31. The van der Waals surface area contributed by atoms with Crippen LogP contribution in [-0.2, 0) is 0 Å². The van der Waals surface area contributed by atoms with E-state index >= 15 is 0 Å². The zero-order chi connectivity index (χ0) is 20.5. The first kappa shape index (κ1) is 19.1. The lowest BCUT2D eigenvalue weighted by Gasteiger charge is -2.22. The highest BCUT2D eigenvalue weighted by Gasteiger charge is 2.30. The number of aromatic nitrogens is 4. The molecular weight excluding hydrogens is 362 g/mol. The molecule has 0 bridgehead atoms. The molecule has 0 saturated carbocycles. The standard InChI is InChI=1S/C22H27N7/c1-6-28(7-2)19-12-11-18(15(4)23-19)24-20-16(5)27-29-21(25-26-22(20)29)17-10-8-9-14(3)13-17/h8-13,20,24H,6-7H2,1-5H3. The van der Waals surface area contributed by atoms with Gasteiger partial charge < -0.3 is 10.2 Å². The quantitative estimate of drug-likeness (QED) is 0.684. The first-order valence-electron chi connectivity index (χ1n) is 10.1. The van der Waals surface area contributed by atoms with E-state index in [2.05, 4.69) is 65.5 Å². The van der Waals surface area contributed by atoms with Crippen molar-refractivity contribution in [2.45, 2.75) is 40.7 Å².